The van der Waals surface area contributed by atoms with Crippen molar-refractivity contribution >= 4 is 11.7 Å². The van der Waals surface area contributed by atoms with Gasteiger partial charge >= 0.3 is 0 Å². The molecule has 9 heteroatoms. The molecule has 1 amide bonds. The van der Waals surface area contributed by atoms with Crippen LogP contribution in [0, 0.1) is 6.92 Å². The van der Waals surface area contributed by atoms with Crippen LogP contribution < -0.4 is 20.3 Å². The van der Waals surface area contributed by atoms with Crippen LogP contribution in [0.5, 0.6) is 11.5 Å². The minimum Gasteiger partial charge on any atom is -0.486 e. The number of ether oxygens (including phenoxy) is 2. The summed E-state index contributed by atoms with van der Waals surface area (Å²) in [7, 11) is 0. The summed E-state index contributed by atoms with van der Waals surface area (Å²) in [6.07, 6.45) is 0.304. The zero-order valence-electron chi connectivity index (χ0n) is 15.1. The fourth-order valence-electron chi connectivity index (χ4n) is 3.73. The number of hydrogen-bond donors (Lipinski definition) is 2. The van der Waals surface area contributed by atoms with Crippen LogP contribution in [0.4, 0.5) is 5.82 Å². The van der Waals surface area contributed by atoms with E-state index in [4.69, 9.17) is 9.47 Å². The Labute approximate surface area is 159 Å². The minimum absolute atomic E-state index is 0.113. The Hall–Kier alpha value is -3.62. The molecule has 4 heterocycles. The smallest absolute Gasteiger partial charge is 0.264 e. The maximum absolute atomic E-state index is 12.5. The van der Waals surface area contributed by atoms with Gasteiger partial charge in [-0.15, -0.1) is 0 Å². The summed E-state index contributed by atoms with van der Waals surface area (Å²) >= 11 is 0. The highest BCUT2D eigenvalue weighted by molar-refractivity contribution is 5.95. The summed E-state index contributed by atoms with van der Waals surface area (Å²) in [5, 5.41) is 13.9. The van der Waals surface area contributed by atoms with Crippen molar-refractivity contribution in [1.82, 2.24) is 20.0 Å². The Morgan fingerprint density at radius 1 is 1.11 bits per heavy atom. The van der Waals surface area contributed by atoms with Crippen molar-refractivity contribution in [3.63, 3.8) is 0 Å². The number of aromatic nitrogens is 4. The molecule has 5 rings (SSSR count). The van der Waals surface area contributed by atoms with Gasteiger partial charge in [0, 0.05) is 24.0 Å². The van der Waals surface area contributed by atoms with Crippen molar-refractivity contribution in [2.75, 3.05) is 18.5 Å². The SMILES string of the molecule is Cc1nn(-c2ccc(=O)[nH]n2)c2c1[C@H](c1ccc3c(c1)OCCO3)CC(=O)N2. The summed E-state index contributed by atoms with van der Waals surface area (Å²) in [5.41, 5.74) is 2.35. The summed E-state index contributed by atoms with van der Waals surface area (Å²) < 4.78 is 12.8. The summed E-state index contributed by atoms with van der Waals surface area (Å²) in [6.45, 7) is 2.92. The fourth-order valence-corrected chi connectivity index (χ4v) is 3.73. The van der Waals surface area contributed by atoms with E-state index in [0.717, 1.165) is 16.8 Å². The van der Waals surface area contributed by atoms with Crippen molar-refractivity contribution in [2.24, 2.45) is 0 Å². The van der Waals surface area contributed by atoms with E-state index in [9.17, 15) is 9.59 Å². The highest BCUT2D eigenvalue weighted by Gasteiger charge is 2.33. The first kappa shape index (κ1) is 16.5. The normalized spacial score (nSPS) is 17.8. The number of nitrogens with one attached hydrogen (secondary N) is 2. The van der Waals surface area contributed by atoms with Crippen molar-refractivity contribution in [3.8, 4) is 17.3 Å². The Morgan fingerprint density at radius 2 is 1.93 bits per heavy atom. The number of benzene rings is 1. The number of fused-ring (bicyclic) bond motifs is 2. The van der Waals surface area contributed by atoms with Gasteiger partial charge in [0.1, 0.15) is 19.0 Å². The average molecular weight is 379 g/mol. The molecule has 28 heavy (non-hydrogen) atoms. The molecule has 1 aromatic carbocycles. The third-order valence-electron chi connectivity index (χ3n) is 4.95. The molecule has 0 radical (unpaired) electrons. The lowest BCUT2D eigenvalue weighted by Gasteiger charge is -2.26. The Kier molecular flexibility index (Phi) is 3.68. The molecular formula is C19H17N5O4. The van der Waals surface area contributed by atoms with Crippen molar-refractivity contribution in [3.05, 3.63) is 57.5 Å². The highest BCUT2D eigenvalue weighted by Crippen LogP contribution is 2.42. The van der Waals surface area contributed by atoms with E-state index >= 15 is 0 Å². The van der Waals surface area contributed by atoms with Crippen LogP contribution >= 0.6 is 0 Å². The number of anilines is 1. The lowest BCUT2D eigenvalue weighted by Crippen LogP contribution is -2.25. The van der Waals surface area contributed by atoms with Crippen LogP contribution in [0.15, 0.2) is 35.1 Å². The Morgan fingerprint density at radius 3 is 2.71 bits per heavy atom. The first-order valence-electron chi connectivity index (χ1n) is 8.95. The molecule has 0 unspecified atom stereocenters. The zero-order valence-corrected chi connectivity index (χ0v) is 15.1. The number of aryl methyl sites for hydroxylation is 1. The first-order chi connectivity index (χ1) is 13.6. The van der Waals surface area contributed by atoms with Crippen LogP contribution in [0.1, 0.15) is 29.2 Å². The third kappa shape index (κ3) is 2.63. The van der Waals surface area contributed by atoms with Gasteiger partial charge in [0.2, 0.25) is 5.91 Å². The molecule has 2 aliphatic rings. The molecule has 0 saturated heterocycles. The van der Waals surface area contributed by atoms with Crippen LogP contribution in [-0.2, 0) is 4.79 Å². The number of nitrogens with zero attached hydrogens (tertiary/aromatic N) is 3. The number of rotatable bonds is 2. The standard InChI is InChI=1S/C19H17N5O4/c1-10-18-12(11-2-3-13-14(8-11)28-7-6-27-13)9-17(26)20-19(18)24(23-10)15-4-5-16(25)22-21-15/h2-5,8,12H,6-7,9H2,1H3,(H,20,26)(H,22,25)/t12-/m0/s1. The van der Waals surface area contributed by atoms with Crippen molar-refractivity contribution in [2.45, 2.75) is 19.3 Å². The predicted octanol–water partition coefficient (Wildman–Crippen LogP) is 1.51. The first-order valence-corrected chi connectivity index (χ1v) is 8.95. The van der Waals surface area contributed by atoms with Gasteiger partial charge in [0.05, 0.1) is 5.69 Å². The second-order valence-corrected chi connectivity index (χ2v) is 6.75. The number of aromatic amines is 1. The molecule has 2 N–H and O–H groups in total. The second-order valence-electron chi connectivity index (χ2n) is 6.75. The van der Waals surface area contributed by atoms with Crippen LogP contribution in [0.2, 0.25) is 0 Å². The molecule has 2 aromatic heterocycles. The molecular weight excluding hydrogens is 362 g/mol. The Balaban J connectivity index is 1.63. The van der Waals surface area contributed by atoms with Crippen LogP contribution in [0.3, 0.4) is 0 Å². The van der Waals surface area contributed by atoms with Crippen LogP contribution in [0.25, 0.3) is 5.82 Å². The van der Waals surface area contributed by atoms with E-state index in [1.54, 1.807) is 10.7 Å². The molecule has 0 saturated carbocycles. The van der Waals surface area contributed by atoms with Gasteiger partial charge in [-0.1, -0.05) is 6.07 Å². The van der Waals surface area contributed by atoms with Gasteiger partial charge in [-0.3, -0.25) is 9.59 Å². The van der Waals surface area contributed by atoms with Gasteiger partial charge in [-0.2, -0.15) is 14.9 Å². The summed E-state index contributed by atoms with van der Waals surface area (Å²) in [5.74, 6) is 2.10. The maximum Gasteiger partial charge on any atom is 0.264 e. The molecule has 9 nitrogen and oxygen atoms in total. The maximum atomic E-state index is 12.5. The summed E-state index contributed by atoms with van der Waals surface area (Å²) in [4.78, 5) is 23.8. The zero-order chi connectivity index (χ0) is 19.3. The van der Waals surface area contributed by atoms with Gasteiger partial charge in [-0.25, -0.2) is 5.10 Å². The van der Waals surface area contributed by atoms with Crippen LogP contribution in [-0.4, -0.2) is 39.1 Å². The molecule has 0 aliphatic carbocycles. The van der Waals surface area contributed by atoms with Gasteiger partial charge in [0.25, 0.3) is 5.56 Å². The van der Waals surface area contributed by atoms with E-state index in [-0.39, 0.29) is 17.4 Å². The third-order valence-corrected chi connectivity index (χ3v) is 4.95. The molecule has 0 spiro atoms. The van der Waals surface area contributed by atoms with E-state index in [1.165, 1.54) is 6.07 Å². The number of carbonyl (C=O) groups is 1. The minimum atomic E-state index is -0.306. The largest absolute Gasteiger partial charge is 0.486 e. The predicted molar refractivity (Wildman–Crippen MR) is 99.2 cm³/mol. The molecule has 142 valence electrons. The van der Waals surface area contributed by atoms with E-state index in [2.05, 4.69) is 20.6 Å². The molecule has 2 aliphatic heterocycles. The van der Waals surface area contributed by atoms with Crippen molar-refractivity contribution in [1.29, 1.82) is 0 Å². The number of amides is 1. The summed E-state index contributed by atoms with van der Waals surface area (Å²) in [6, 6.07) is 8.69. The van der Waals surface area contributed by atoms with Gasteiger partial charge in [-0.05, 0) is 30.7 Å². The quantitative estimate of drug-likeness (QED) is 0.698. The molecule has 1 atom stereocenters. The van der Waals surface area contributed by atoms with E-state index in [1.807, 2.05) is 25.1 Å². The van der Waals surface area contributed by atoms with E-state index in [0.29, 0.717) is 42.8 Å². The van der Waals surface area contributed by atoms with Gasteiger partial charge < -0.3 is 14.8 Å². The van der Waals surface area contributed by atoms with E-state index < -0.39 is 0 Å². The fraction of sp³-hybridized carbons (Fsp3) is 0.263. The number of H-pyrrole nitrogens is 1. The molecule has 0 bridgehead atoms. The monoisotopic (exact) mass is 379 g/mol. The van der Waals surface area contributed by atoms with Gasteiger partial charge in [0.15, 0.2) is 17.3 Å². The Bertz CT molecular complexity index is 1130. The second kappa shape index (κ2) is 6.22. The average Bonchev–Trinajstić information content (AvgIpc) is 3.04. The highest BCUT2D eigenvalue weighted by atomic mass is 16.6. The number of carbonyl (C=O) groups excluding carboxylic acids is 1. The van der Waals surface area contributed by atoms with Crippen molar-refractivity contribution < 1.29 is 14.3 Å². The molecule has 3 aromatic rings. The topological polar surface area (TPSA) is 111 Å². The molecule has 0 fully saturated rings. The lowest BCUT2D eigenvalue weighted by molar-refractivity contribution is -0.116. The lowest BCUT2D eigenvalue weighted by atomic mass is 9.85. The number of hydrogen-bond acceptors (Lipinski definition) is 6.